The molecule has 0 radical (unpaired) electrons. The molecule has 4 aromatic rings. The number of benzene rings is 1. The van der Waals surface area contributed by atoms with E-state index in [0.29, 0.717) is 12.0 Å². The van der Waals surface area contributed by atoms with Crippen LogP contribution in [0.4, 0.5) is 17.5 Å². The fourth-order valence-electron chi connectivity index (χ4n) is 3.79. The van der Waals surface area contributed by atoms with E-state index in [1.54, 1.807) is 6.20 Å². The molecular weight excluding hydrogens is 350 g/mol. The number of hydrogen-bond acceptors (Lipinski definition) is 5. The summed E-state index contributed by atoms with van der Waals surface area (Å²) in [5.74, 6) is 1.39. The monoisotopic (exact) mass is 373 g/mol. The number of H-pyrrole nitrogens is 1. The molecule has 7 heteroatoms. The van der Waals surface area contributed by atoms with E-state index in [4.69, 9.17) is 4.98 Å². The van der Waals surface area contributed by atoms with Gasteiger partial charge in [-0.1, -0.05) is 24.3 Å². The lowest BCUT2D eigenvalue weighted by atomic mass is 10.1. The lowest BCUT2D eigenvalue weighted by Crippen LogP contribution is -2.10. The molecule has 1 aromatic carbocycles. The fourth-order valence-corrected chi connectivity index (χ4v) is 3.79. The van der Waals surface area contributed by atoms with Crippen LogP contribution in [0.3, 0.4) is 0 Å². The summed E-state index contributed by atoms with van der Waals surface area (Å²) >= 11 is 0. The minimum atomic E-state index is 0.265. The Bertz CT molecular complexity index is 1120. The van der Waals surface area contributed by atoms with Gasteiger partial charge in [-0.2, -0.15) is 15.1 Å². The van der Waals surface area contributed by atoms with Crippen LogP contribution in [-0.4, -0.2) is 24.7 Å². The normalized spacial score (nSPS) is 15.9. The van der Waals surface area contributed by atoms with Crippen LogP contribution in [-0.2, 0) is 6.42 Å². The molecule has 0 bridgehead atoms. The zero-order valence-corrected chi connectivity index (χ0v) is 16.0. The van der Waals surface area contributed by atoms with Crippen LogP contribution in [0.1, 0.15) is 43.5 Å². The second-order valence-electron chi connectivity index (χ2n) is 7.50. The van der Waals surface area contributed by atoms with E-state index in [1.807, 2.05) is 23.1 Å². The van der Waals surface area contributed by atoms with Crippen molar-refractivity contribution in [1.82, 2.24) is 24.7 Å². The standard InChI is InChI=1S/C21H23N7/c1-13(2)28-12-15(11-23-28)24-21-26-19-17(9-10-22-19)20(27-21)25-18-8-7-14-5-3-4-6-16(14)18/h3-6,9-13,18H,7-8H2,1-2H3,(H3,22,24,25,26,27)/t18-/m0/s1. The molecule has 3 N–H and O–H groups in total. The predicted octanol–water partition coefficient (Wildman–Crippen LogP) is 4.58. The average molecular weight is 373 g/mol. The maximum Gasteiger partial charge on any atom is 0.231 e. The van der Waals surface area contributed by atoms with Crippen molar-refractivity contribution in [3.05, 3.63) is 60.0 Å². The van der Waals surface area contributed by atoms with Crippen LogP contribution in [0, 0.1) is 0 Å². The number of fused-ring (bicyclic) bond motifs is 2. The molecule has 3 aromatic heterocycles. The minimum absolute atomic E-state index is 0.265. The van der Waals surface area contributed by atoms with Gasteiger partial charge in [0, 0.05) is 18.4 Å². The van der Waals surface area contributed by atoms with E-state index >= 15 is 0 Å². The number of nitrogens with one attached hydrogen (secondary N) is 3. The lowest BCUT2D eigenvalue weighted by Gasteiger charge is -2.16. The molecule has 28 heavy (non-hydrogen) atoms. The molecule has 5 rings (SSSR count). The molecule has 0 amide bonds. The van der Waals surface area contributed by atoms with Crippen LogP contribution in [0.5, 0.6) is 0 Å². The summed E-state index contributed by atoms with van der Waals surface area (Å²) in [6, 6.07) is 11.2. The van der Waals surface area contributed by atoms with Gasteiger partial charge in [-0.05, 0) is 43.9 Å². The van der Waals surface area contributed by atoms with Crippen LogP contribution in [0.2, 0.25) is 0 Å². The zero-order valence-electron chi connectivity index (χ0n) is 16.0. The Kier molecular flexibility index (Phi) is 4.00. The number of aryl methyl sites for hydroxylation is 1. The average Bonchev–Trinajstić information content (AvgIpc) is 3.42. The summed E-state index contributed by atoms with van der Waals surface area (Å²) in [4.78, 5) is 12.6. The fraction of sp³-hybridized carbons (Fsp3) is 0.286. The Balaban J connectivity index is 1.46. The molecule has 1 aliphatic carbocycles. The Morgan fingerprint density at radius 2 is 2.07 bits per heavy atom. The van der Waals surface area contributed by atoms with Crippen molar-refractivity contribution in [2.75, 3.05) is 10.6 Å². The predicted molar refractivity (Wildman–Crippen MR) is 111 cm³/mol. The minimum Gasteiger partial charge on any atom is -0.363 e. The number of anilines is 3. The van der Waals surface area contributed by atoms with Crippen LogP contribution in [0.15, 0.2) is 48.9 Å². The van der Waals surface area contributed by atoms with Gasteiger partial charge in [-0.25, -0.2) is 0 Å². The number of hydrogen-bond donors (Lipinski definition) is 3. The van der Waals surface area contributed by atoms with E-state index in [0.717, 1.165) is 35.4 Å². The van der Waals surface area contributed by atoms with Crippen molar-refractivity contribution < 1.29 is 0 Å². The molecule has 0 saturated carbocycles. The molecule has 0 fully saturated rings. The highest BCUT2D eigenvalue weighted by atomic mass is 15.3. The van der Waals surface area contributed by atoms with Crippen LogP contribution >= 0.6 is 0 Å². The van der Waals surface area contributed by atoms with Gasteiger partial charge in [0.25, 0.3) is 0 Å². The number of rotatable bonds is 5. The van der Waals surface area contributed by atoms with Crippen molar-refractivity contribution in [3.8, 4) is 0 Å². The van der Waals surface area contributed by atoms with Crippen molar-refractivity contribution >= 4 is 28.5 Å². The zero-order chi connectivity index (χ0) is 19.1. The first kappa shape index (κ1) is 16.8. The summed E-state index contributed by atoms with van der Waals surface area (Å²) in [5, 5.41) is 12.3. The SMILES string of the molecule is CC(C)n1cc(Nc2nc(N[C@H]3CCc4ccccc43)c3cc[nH]c3n2)cn1. The third kappa shape index (κ3) is 2.98. The molecule has 0 aliphatic heterocycles. The highest BCUT2D eigenvalue weighted by Crippen LogP contribution is 2.35. The number of aromatic nitrogens is 5. The summed E-state index contributed by atoms with van der Waals surface area (Å²) in [6.45, 7) is 4.19. The molecule has 0 spiro atoms. The Labute approximate surface area is 163 Å². The number of aromatic amines is 1. The van der Waals surface area contributed by atoms with E-state index < -0.39 is 0 Å². The largest absolute Gasteiger partial charge is 0.363 e. The Morgan fingerprint density at radius 3 is 2.93 bits per heavy atom. The summed E-state index contributed by atoms with van der Waals surface area (Å²) in [5.41, 5.74) is 4.45. The van der Waals surface area contributed by atoms with Gasteiger partial charge in [-0.15, -0.1) is 0 Å². The van der Waals surface area contributed by atoms with E-state index in [-0.39, 0.29) is 6.04 Å². The first-order valence-corrected chi connectivity index (χ1v) is 9.68. The molecule has 7 nitrogen and oxygen atoms in total. The third-order valence-electron chi connectivity index (χ3n) is 5.25. The highest BCUT2D eigenvalue weighted by Gasteiger charge is 2.23. The summed E-state index contributed by atoms with van der Waals surface area (Å²) in [6.07, 6.45) is 7.82. The maximum absolute atomic E-state index is 4.77. The maximum atomic E-state index is 4.77. The van der Waals surface area contributed by atoms with Crippen LogP contribution in [0.25, 0.3) is 11.0 Å². The highest BCUT2D eigenvalue weighted by molar-refractivity contribution is 5.88. The van der Waals surface area contributed by atoms with Gasteiger partial charge in [0.15, 0.2) is 0 Å². The molecule has 0 unspecified atom stereocenters. The molecule has 1 aliphatic rings. The first-order valence-electron chi connectivity index (χ1n) is 9.68. The molecule has 142 valence electrons. The number of nitrogens with zero attached hydrogens (tertiary/aromatic N) is 4. The first-order chi connectivity index (χ1) is 13.7. The van der Waals surface area contributed by atoms with Gasteiger partial charge in [0.1, 0.15) is 11.5 Å². The Hall–Kier alpha value is -3.35. The lowest BCUT2D eigenvalue weighted by molar-refractivity contribution is 0.532. The smallest absolute Gasteiger partial charge is 0.231 e. The van der Waals surface area contributed by atoms with Crippen molar-refractivity contribution in [3.63, 3.8) is 0 Å². The van der Waals surface area contributed by atoms with E-state index in [9.17, 15) is 0 Å². The molecule has 3 heterocycles. The third-order valence-corrected chi connectivity index (χ3v) is 5.25. The van der Waals surface area contributed by atoms with Crippen LogP contribution < -0.4 is 10.6 Å². The topological polar surface area (TPSA) is 83.5 Å². The van der Waals surface area contributed by atoms with Crippen molar-refractivity contribution in [2.45, 2.75) is 38.8 Å². The second-order valence-corrected chi connectivity index (χ2v) is 7.50. The molecule has 0 saturated heterocycles. The van der Waals surface area contributed by atoms with E-state index in [2.05, 4.69) is 63.8 Å². The summed E-state index contributed by atoms with van der Waals surface area (Å²) < 4.78 is 1.91. The van der Waals surface area contributed by atoms with Gasteiger partial charge >= 0.3 is 0 Å². The Morgan fingerprint density at radius 1 is 1.18 bits per heavy atom. The molecular formula is C21H23N7. The molecule has 1 atom stereocenters. The van der Waals surface area contributed by atoms with E-state index in [1.165, 1.54) is 11.1 Å². The second kappa shape index (κ2) is 6.67. The van der Waals surface area contributed by atoms with Crippen molar-refractivity contribution in [1.29, 1.82) is 0 Å². The quantitative estimate of drug-likeness (QED) is 0.477. The van der Waals surface area contributed by atoms with Gasteiger partial charge in [0.05, 0.1) is 23.3 Å². The van der Waals surface area contributed by atoms with Gasteiger partial charge < -0.3 is 15.6 Å². The summed E-state index contributed by atoms with van der Waals surface area (Å²) in [7, 11) is 0. The van der Waals surface area contributed by atoms with Gasteiger partial charge in [-0.3, -0.25) is 4.68 Å². The van der Waals surface area contributed by atoms with Crippen molar-refractivity contribution in [2.24, 2.45) is 0 Å². The van der Waals surface area contributed by atoms with Gasteiger partial charge in [0.2, 0.25) is 5.95 Å².